The highest BCUT2D eigenvalue weighted by Crippen LogP contribution is 2.34. The van der Waals surface area contributed by atoms with Gasteiger partial charge in [0.2, 0.25) is 0 Å². The molecule has 0 bridgehead atoms. The number of nitrogens with one attached hydrogen (secondary N) is 1. The van der Waals surface area contributed by atoms with Crippen molar-refractivity contribution in [3.05, 3.63) is 29.8 Å². The molecule has 1 aliphatic rings. The molecule has 5 nitrogen and oxygen atoms in total. The van der Waals surface area contributed by atoms with E-state index in [-0.39, 0.29) is 6.54 Å². The van der Waals surface area contributed by atoms with Crippen molar-refractivity contribution in [2.24, 2.45) is 0 Å². The fraction of sp³-hybridized carbons (Fsp3) is 0.529. The smallest absolute Gasteiger partial charge is 0.316 e. The molecule has 5 heteroatoms. The van der Waals surface area contributed by atoms with E-state index in [1.807, 2.05) is 31.2 Å². The van der Waals surface area contributed by atoms with Crippen LogP contribution in [0.15, 0.2) is 24.3 Å². The number of hydrogen-bond acceptors (Lipinski definition) is 3. The topological polar surface area (TPSA) is 69.6 Å². The summed E-state index contributed by atoms with van der Waals surface area (Å²) >= 11 is 0. The van der Waals surface area contributed by atoms with Gasteiger partial charge in [0, 0.05) is 18.8 Å². The summed E-state index contributed by atoms with van der Waals surface area (Å²) in [6.45, 7) is 4.75. The van der Waals surface area contributed by atoms with Crippen LogP contribution in [0, 0.1) is 0 Å². The van der Waals surface area contributed by atoms with Gasteiger partial charge in [-0.05, 0) is 30.4 Å². The molecule has 2 unspecified atom stereocenters. The number of carbonyl (C=O) groups excluding carboxylic acids is 2. The first kappa shape index (κ1) is 16.5. The first-order valence-electron chi connectivity index (χ1n) is 7.91. The molecule has 22 heavy (non-hydrogen) atoms. The van der Waals surface area contributed by atoms with E-state index in [9.17, 15) is 14.7 Å². The Hall–Kier alpha value is -1.88. The van der Waals surface area contributed by atoms with Gasteiger partial charge in [-0.1, -0.05) is 38.5 Å². The minimum atomic E-state index is -0.653. The van der Waals surface area contributed by atoms with Crippen LogP contribution in [0.2, 0.25) is 0 Å². The number of carbonyl (C=O) groups is 2. The highest BCUT2D eigenvalue weighted by Gasteiger charge is 2.29. The van der Waals surface area contributed by atoms with Gasteiger partial charge in [0.25, 0.3) is 0 Å². The summed E-state index contributed by atoms with van der Waals surface area (Å²) in [6, 6.07) is 7.70. The van der Waals surface area contributed by atoms with E-state index in [4.69, 9.17) is 0 Å². The van der Waals surface area contributed by atoms with E-state index < -0.39 is 17.9 Å². The van der Waals surface area contributed by atoms with Crippen LogP contribution in [0.25, 0.3) is 0 Å². The molecule has 0 fully saturated rings. The molecule has 120 valence electrons. The minimum Gasteiger partial charge on any atom is -0.391 e. The number of aliphatic hydroxyl groups is 1. The Kier molecular flexibility index (Phi) is 5.55. The third-order valence-corrected chi connectivity index (χ3v) is 4.10. The SMILES string of the molecule is CCCC(O)CNC(=O)C(=O)N1CCC(C)c2ccccc21. The zero-order chi connectivity index (χ0) is 16.1. The van der Waals surface area contributed by atoms with Crippen molar-refractivity contribution in [3.63, 3.8) is 0 Å². The van der Waals surface area contributed by atoms with Crippen molar-refractivity contribution >= 4 is 17.5 Å². The number of anilines is 1. The van der Waals surface area contributed by atoms with Crippen LogP contribution in [-0.2, 0) is 9.59 Å². The van der Waals surface area contributed by atoms with Gasteiger partial charge in [0.05, 0.1) is 6.10 Å². The normalized spacial score (nSPS) is 18.5. The molecule has 2 rings (SSSR count). The van der Waals surface area contributed by atoms with E-state index in [0.29, 0.717) is 18.9 Å². The number of para-hydroxylation sites is 1. The Morgan fingerprint density at radius 3 is 2.86 bits per heavy atom. The summed E-state index contributed by atoms with van der Waals surface area (Å²) in [5, 5.41) is 12.2. The Morgan fingerprint density at radius 2 is 2.14 bits per heavy atom. The minimum absolute atomic E-state index is 0.115. The number of aliphatic hydroxyl groups excluding tert-OH is 1. The van der Waals surface area contributed by atoms with Crippen molar-refractivity contribution in [2.75, 3.05) is 18.0 Å². The molecule has 0 saturated carbocycles. The summed E-state index contributed by atoms with van der Waals surface area (Å²) in [5.41, 5.74) is 1.91. The molecule has 1 aromatic rings. The first-order valence-corrected chi connectivity index (χ1v) is 7.91. The molecule has 2 N–H and O–H groups in total. The third kappa shape index (κ3) is 3.65. The fourth-order valence-corrected chi connectivity index (χ4v) is 2.80. The standard InChI is InChI=1S/C17H24N2O3/c1-3-6-13(20)11-18-16(21)17(22)19-10-9-12(2)14-7-4-5-8-15(14)19/h4-5,7-8,12-13,20H,3,6,9-11H2,1-2H3,(H,18,21). The summed E-state index contributed by atoms with van der Waals surface area (Å²) in [7, 11) is 0. The zero-order valence-corrected chi connectivity index (χ0v) is 13.2. The molecule has 0 aromatic heterocycles. The highest BCUT2D eigenvalue weighted by atomic mass is 16.3. The second kappa shape index (κ2) is 7.40. The predicted octanol–water partition coefficient (Wildman–Crippen LogP) is 1.80. The summed E-state index contributed by atoms with van der Waals surface area (Å²) in [5.74, 6) is -0.822. The number of amides is 2. The van der Waals surface area contributed by atoms with Crippen molar-refractivity contribution in [1.82, 2.24) is 5.32 Å². The molecule has 1 heterocycles. The predicted molar refractivity (Wildman–Crippen MR) is 85.8 cm³/mol. The maximum absolute atomic E-state index is 12.4. The molecular formula is C17H24N2O3. The van der Waals surface area contributed by atoms with E-state index in [1.54, 1.807) is 0 Å². The zero-order valence-electron chi connectivity index (χ0n) is 13.2. The largest absolute Gasteiger partial charge is 0.391 e. The summed E-state index contributed by atoms with van der Waals surface area (Å²) in [4.78, 5) is 25.9. The molecule has 2 atom stereocenters. The Balaban J connectivity index is 2.04. The number of benzene rings is 1. The maximum Gasteiger partial charge on any atom is 0.316 e. The van der Waals surface area contributed by atoms with Crippen LogP contribution in [0.1, 0.15) is 44.6 Å². The van der Waals surface area contributed by atoms with Gasteiger partial charge in [-0.15, -0.1) is 0 Å². The van der Waals surface area contributed by atoms with Gasteiger partial charge in [0.1, 0.15) is 0 Å². The number of fused-ring (bicyclic) bond motifs is 1. The molecule has 2 amide bonds. The highest BCUT2D eigenvalue weighted by molar-refractivity contribution is 6.40. The second-order valence-corrected chi connectivity index (χ2v) is 5.86. The molecule has 0 spiro atoms. The van der Waals surface area contributed by atoms with Crippen LogP contribution in [0.5, 0.6) is 0 Å². The lowest BCUT2D eigenvalue weighted by molar-refractivity contribution is -0.137. The van der Waals surface area contributed by atoms with Crippen molar-refractivity contribution in [2.45, 2.75) is 45.1 Å². The van der Waals surface area contributed by atoms with Crippen LogP contribution in [-0.4, -0.2) is 36.1 Å². The average molecular weight is 304 g/mol. The van der Waals surface area contributed by atoms with Crippen LogP contribution in [0.3, 0.4) is 0 Å². The van der Waals surface area contributed by atoms with Gasteiger partial charge < -0.3 is 15.3 Å². The fourth-order valence-electron chi connectivity index (χ4n) is 2.80. The van der Waals surface area contributed by atoms with E-state index in [1.165, 1.54) is 4.90 Å². The molecule has 0 radical (unpaired) electrons. The summed E-state index contributed by atoms with van der Waals surface area (Å²) < 4.78 is 0. The summed E-state index contributed by atoms with van der Waals surface area (Å²) in [6.07, 6.45) is 1.69. The second-order valence-electron chi connectivity index (χ2n) is 5.86. The van der Waals surface area contributed by atoms with Crippen LogP contribution in [0.4, 0.5) is 5.69 Å². The van der Waals surface area contributed by atoms with Crippen molar-refractivity contribution in [3.8, 4) is 0 Å². The Bertz CT molecular complexity index is 544. The average Bonchev–Trinajstić information content (AvgIpc) is 2.53. The quantitative estimate of drug-likeness (QED) is 0.833. The molecular weight excluding hydrogens is 280 g/mol. The lowest BCUT2D eigenvalue weighted by Crippen LogP contribution is -2.47. The van der Waals surface area contributed by atoms with Crippen LogP contribution < -0.4 is 10.2 Å². The van der Waals surface area contributed by atoms with Gasteiger partial charge in [-0.2, -0.15) is 0 Å². The maximum atomic E-state index is 12.4. The number of hydrogen-bond donors (Lipinski definition) is 2. The molecule has 0 aliphatic carbocycles. The number of nitrogens with zero attached hydrogens (tertiary/aromatic N) is 1. The Morgan fingerprint density at radius 1 is 1.41 bits per heavy atom. The lowest BCUT2D eigenvalue weighted by Gasteiger charge is -2.32. The number of rotatable bonds is 4. The van der Waals surface area contributed by atoms with E-state index in [2.05, 4.69) is 12.2 Å². The monoisotopic (exact) mass is 304 g/mol. The van der Waals surface area contributed by atoms with Gasteiger partial charge in [0.15, 0.2) is 0 Å². The van der Waals surface area contributed by atoms with E-state index in [0.717, 1.165) is 24.1 Å². The molecule has 1 aliphatic heterocycles. The van der Waals surface area contributed by atoms with E-state index >= 15 is 0 Å². The van der Waals surface area contributed by atoms with Crippen molar-refractivity contribution in [1.29, 1.82) is 0 Å². The van der Waals surface area contributed by atoms with Crippen LogP contribution >= 0.6 is 0 Å². The van der Waals surface area contributed by atoms with Gasteiger partial charge >= 0.3 is 11.8 Å². The van der Waals surface area contributed by atoms with Gasteiger partial charge in [-0.3, -0.25) is 9.59 Å². The van der Waals surface area contributed by atoms with Crippen molar-refractivity contribution < 1.29 is 14.7 Å². The first-order chi connectivity index (χ1) is 10.5. The molecule has 0 saturated heterocycles. The van der Waals surface area contributed by atoms with Gasteiger partial charge in [-0.25, -0.2) is 0 Å². The lowest BCUT2D eigenvalue weighted by atomic mass is 9.91. The Labute approximate surface area is 131 Å². The third-order valence-electron chi connectivity index (χ3n) is 4.10. The molecule has 1 aromatic carbocycles.